The van der Waals surface area contributed by atoms with Crippen LogP contribution in [0.2, 0.25) is 0 Å². The van der Waals surface area contributed by atoms with Gasteiger partial charge in [-0.2, -0.15) is 0 Å². The molecule has 3 aromatic rings. The van der Waals surface area contributed by atoms with E-state index in [4.69, 9.17) is 9.15 Å². The third kappa shape index (κ3) is 3.35. The lowest BCUT2D eigenvalue weighted by Gasteiger charge is -2.10. The molecule has 0 saturated carbocycles. The zero-order valence-electron chi connectivity index (χ0n) is 15.0. The summed E-state index contributed by atoms with van der Waals surface area (Å²) in [5.41, 5.74) is 2.28. The van der Waals surface area contributed by atoms with Crippen molar-refractivity contribution in [3.05, 3.63) is 47.0 Å². The van der Waals surface area contributed by atoms with Crippen LogP contribution in [0.3, 0.4) is 0 Å². The van der Waals surface area contributed by atoms with E-state index >= 15 is 0 Å². The van der Waals surface area contributed by atoms with E-state index in [-0.39, 0.29) is 17.3 Å². The Hall–Kier alpha value is -2.65. The van der Waals surface area contributed by atoms with Crippen LogP contribution in [0.1, 0.15) is 22.7 Å². The molecule has 0 bridgehead atoms. The maximum atomic E-state index is 12.9. The summed E-state index contributed by atoms with van der Waals surface area (Å²) in [5.74, 6) is 1.29. The predicted molar refractivity (Wildman–Crippen MR) is 95.3 cm³/mol. The number of rotatable bonds is 6. The van der Waals surface area contributed by atoms with Crippen molar-refractivity contribution in [3.63, 3.8) is 0 Å². The smallest absolute Gasteiger partial charge is 0.264 e. The lowest BCUT2D eigenvalue weighted by molar-refractivity contribution is 0.409. The fourth-order valence-electron chi connectivity index (χ4n) is 2.84. The molecule has 0 amide bonds. The standard InChI is InChI=1S/C17H20N4O4S/c1-10-15(17-21-20-12(3)25-17)19-11(2)16(10)26(22,23)18-9-13-7-5-6-8-14(13)24-4/h5-8,18-19H,9H2,1-4H3. The molecule has 2 N–H and O–H groups in total. The van der Waals surface area contributed by atoms with Crippen molar-refractivity contribution in [1.82, 2.24) is 19.9 Å². The minimum absolute atomic E-state index is 0.116. The molecule has 0 aliphatic carbocycles. The van der Waals surface area contributed by atoms with Gasteiger partial charge in [-0.3, -0.25) is 0 Å². The van der Waals surface area contributed by atoms with Crippen LogP contribution >= 0.6 is 0 Å². The van der Waals surface area contributed by atoms with Crippen molar-refractivity contribution in [3.8, 4) is 17.3 Å². The van der Waals surface area contributed by atoms with Crippen molar-refractivity contribution in [2.75, 3.05) is 7.11 Å². The molecule has 9 heteroatoms. The maximum Gasteiger partial charge on any atom is 0.264 e. The lowest BCUT2D eigenvalue weighted by atomic mass is 10.2. The number of methoxy groups -OCH3 is 1. The van der Waals surface area contributed by atoms with Crippen LogP contribution in [0, 0.1) is 20.8 Å². The molecule has 0 saturated heterocycles. The quantitative estimate of drug-likeness (QED) is 0.684. The Kier molecular flexibility index (Phi) is 4.84. The van der Waals surface area contributed by atoms with Gasteiger partial charge in [0.1, 0.15) is 16.3 Å². The molecule has 0 radical (unpaired) electrons. The first kappa shape index (κ1) is 18.2. The zero-order valence-corrected chi connectivity index (χ0v) is 15.8. The van der Waals surface area contributed by atoms with Crippen LogP contribution in [0.4, 0.5) is 0 Å². The minimum Gasteiger partial charge on any atom is -0.496 e. The second-order valence-electron chi connectivity index (χ2n) is 5.84. The van der Waals surface area contributed by atoms with E-state index in [0.29, 0.717) is 28.6 Å². The maximum absolute atomic E-state index is 12.9. The van der Waals surface area contributed by atoms with E-state index in [2.05, 4.69) is 19.9 Å². The van der Waals surface area contributed by atoms with Gasteiger partial charge in [-0.25, -0.2) is 13.1 Å². The third-order valence-electron chi connectivity index (χ3n) is 4.02. The van der Waals surface area contributed by atoms with Crippen LogP contribution in [0.15, 0.2) is 33.6 Å². The summed E-state index contributed by atoms with van der Waals surface area (Å²) < 4.78 is 39.0. The van der Waals surface area contributed by atoms with E-state index in [1.165, 1.54) is 0 Å². The fraction of sp³-hybridized carbons (Fsp3) is 0.294. The van der Waals surface area contributed by atoms with Crippen LogP contribution in [0.5, 0.6) is 5.75 Å². The zero-order chi connectivity index (χ0) is 18.9. The Morgan fingerprint density at radius 3 is 2.58 bits per heavy atom. The summed E-state index contributed by atoms with van der Waals surface area (Å²) in [7, 11) is -2.20. The first-order valence-corrected chi connectivity index (χ1v) is 9.43. The molecule has 0 atom stereocenters. The Morgan fingerprint density at radius 1 is 1.19 bits per heavy atom. The van der Waals surface area contributed by atoms with Crippen molar-refractivity contribution in [1.29, 1.82) is 0 Å². The van der Waals surface area contributed by atoms with Gasteiger partial charge in [-0.05, 0) is 25.5 Å². The molecule has 0 aliphatic heterocycles. The number of sulfonamides is 1. The molecular weight excluding hydrogens is 356 g/mol. The average molecular weight is 376 g/mol. The second-order valence-corrected chi connectivity index (χ2v) is 7.55. The van der Waals surface area contributed by atoms with Crippen molar-refractivity contribution < 1.29 is 17.6 Å². The van der Waals surface area contributed by atoms with Gasteiger partial charge < -0.3 is 14.1 Å². The number of hydrogen-bond acceptors (Lipinski definition) is 6. The minimum atomic E-state index is -3.75. The Labute approximate surface area is 151 Å². The SMILES string of the molecule is COc1ccccc1CNS(=O)(=O)c1c(C)[nH]c(-c2nnc(C)o2)c1C. The molecule has 2 heterocycles. The Balaban J connectivity index is 1.91. The molecule has 26 heavy (non-hydrogen) atoms. The van der Waals surface area contributed by atoms with Gasteiger partial charge in [-0.1, -0.05) is 18.2 Å². The van der Waals surface area contributed by atoms with Crippen LogP contribution in [0.25, 0.3) is 11.6 Å². The molecule has 2 aromatic heterocycles. The number of benzene rings is 1. The number of aryl methyl sites for hydroxylation is 2. The van der Waals surface area contributed by atoms with E-state index in [9.17, 15) is 8.42 Å². The molecule has 0 aliphatic rings. The van der Waals surface area contributed by atoms with Crippen LogP contribution in [-0.2, 0) is 16.6 Å². The number of para-hydroxylation sites is 1. The van der Waals surface area contributed by atoms with Crippen molar-refractivity contribution in [2.24, 2.45) is 0 Å². The van der Waals surface area contributed by atoms with Crippen LogP contribution < -0.4 is 9.46 Å². The molecule has 8 nitrogen and oxygen atoms in total. The fourth-order valence-corrected chi connectivity index (χ4v) is 4.29. The summed E-state index contributed by atoms with van der Waals surface area (Å²) in [6, 6.07) is 7.25. The van der Waals surface area contributed by atoms with Gasteiger partial charge in [0.05, 0.1) is 7.11 Å². The van der Waals surface area contributed by atoms with Gasteiger partial charge in [0.15, 0.2) is 0 Å². The number of H-pyrrole nitrogens is 1. The van der Waals surface area contributed by atoms with E-state index < -0.39 is 10.0 Å². The molecule has 0 fully saturated rings. The molecule has 3 rings (SSSR count). The Morgan fingerprint density at radius 2 is 1.92 bits per heavy atom. The number of aromatic nitrogens is 3. The van der Waals surface area contributed by atoms with E-state index in [1.54, 1.807) is 33.9 Å². The number of nitrogens with one attached hydrogen (secondary N) is 2. The first-order valence-electron chi connectivity index (χ1n) is 7.94. The number of nitrogens with zero attached hydrogens (tertiary/aromatic N) is 2. The van der Waals surface area contributed by atoms with E-state index in [0.717, 1.165) is 5.56 Å². The number of ether oxygens (including phenoxy) is 1. The van der Waals surface area contributed by atoms with Gasteiger partial charge in [0, 0.05) is 24.7 Å². The summed E-state index contributed by atoms with van der Waals surface area (Å²) in [4.78, 5) is 3.21. The Bertz CT molecular complexity index is 1040. The highest BCUT2D eigenvalue weighted by Crippen LogP contribution is 2.30. The molecule has 1 aromatic carbocycles. The lowest BCUT2D eigenvalue weighted by Crippen LogP contribution is -2.24. The molecule has 138 valence electrons. The second kappa shape index (κ2) is 6.93. The predicted octanol–water partition coefficient (Wildman–Crippen LogP) is 2.48. The first-order chi connectivity index (χ1) is 12.3. The molecule has 0 spiro atoms. The van der Waals surface area contributed by atoms with Crippen molar-refractivity contribution in [2.45, 2.75) is 32.2 Å². The summed E-state index contributed by atoms with van der Waals surface area (Å²) in [5, 5.41) is 7.73. The number of aromatic amines is 1. The van der Waals surface area contributed by atoms with Gasteiger partial charge >= 0.3 is 0 Å². The summed E-state index contributed by atoms with van der Waals surface area (Å²) in [6.45, 7) is 5.19. The summed E-state index contributed by atoms with van der Waals surface area (Å²) >= 11 is 0. The van der Waals surface area contributed by atoms with E-state index in [1.807, 2.05) is 18.2 Å². The largest absolute Gasteiger partial charge is 0.496 e. The normalized spacial score (nSPS) is 11.7. The van der Waals surface area contributed by atoms with Gasteiger partial charge in [0.2, 0.25) is 15.9 Å². The number of hydrogen-bond donors (Lipinski definition) is 2. The summed E-state index contributed by atoms with van der Waals surface area (Å²) in [6.07, 6.45) is 0. The van der Waals surface area contributed by atoms with Gasteiger partial charge in [-0.15, -0.1) is 10.2 Å². The average Bonchev–Trinajstić information content (AvgIpc) is 3.16. The van der Waals surface area contributed by atoms with Gasteiger partial charge in [0.25, 0.3) is 5.89 Å². The highest BCUT2D eigenvalue weighted by Gasteiger charge is 2.26. The monoisotopic (exact) mass is 376 g/mol. The van der Waals surface area contributed by atoms with Crippen LogP contribution in [-0.4, -0.2) is 30.7 Å². The highest BCUT2D eigenvalue weighted by atomic mass is 32.2. The highest BCUT2D eigenvalue weighted by molar-refractivity contribution is 7.89. The van der Waals surface area contributed by atoms with Crippen molar-refractivity contribution >= 4 is 10.0 Å². The topological polar surface area (TPSA) is 110 Å². The molecule has 0 unspecified atom stereocenters. The molecular formula is C17H20N4O4S. The third-order valence-corrected chi connectivity index (χ3v) is 5.70.